The van der Waals surface area contributed by atoms with Gasteiger partial charge in [-0.25, -0.2) is 9.59 Å². The standard InChI is InChI=1S/C35H36O6/c1-35(2,29-17-13-25(14-18-29)21-31(36)23-40-33(38)27-9-5-3-6-10-27)30-19-15-26(16-20-30)22-32(37)24-41-34(39)28-11-7-4-8-12-28/h3-20,31-32,36-37H,21-24H2,1-2H3. The third-order valence-corrected chi connectivity index (χ3v) is 7.13. The van der Waals surface area contributed by atoms with Gasteiger partial charge in [-0.15, -0.1) is 0 Å². The van der Waals surface area contributed by atoms with E-state index in [1.807, 2.05) is 36.4 Å². The first-order chi connectivity index (χ1) is 19.7. The monoisotopic (exact) mass is 552 g/mol. The van der Waals surface area contributed by atoms with Crippen LogP contribution in [0.2, 0.25) is 0 Å². The van der Waals surface area contributed by atoms with Gasteiger partial charge < -0.3 is 19.7 Å². The summed E-state index contributed by atoms with van der Waals surface area (Å²) in [5.74, 6) is -0.900. The van der Waals surface area contributed by atoms with Crippen LogP contribution in [0.15, 0.2) is 109 Å². The molecule has 4 aromatic carbocycles. The maximum Gasteiger partial charge on any atom is 0.338 e. The molecule has 41 heavy (non-hydrogen) atoms. The molecule has 0 aliphatic carbocycles. The zero-order valence-corrected chi connectivity index (χ0v) is 23.4. The minimum Gasteiger partial charge on any atom is -0.459 e. The fourth-order valence-electron chi connectivity index (χ4n) is 4.60. The van der Waals surface area contributed by atoms with Gasteiger partial charge in [0.2, 0.25) is 0 Å². The average Bonchev–Trinajstić information content (AvgIpc) is 3.00. The Hall–Kier alpha value is -4.26. The molecule has 0 aliphatic heterocycles. The summed E-state index contributed by atoms with van der Waals surface area (Å²) in [5.41, 5.74) is 4.78. The van der Waals surface area contributed by atoms with Gasteiger partial charge in [-0.05, 0) is 46.5 Å². The van der Waals surface area contributed by atoms with Gasteiger partial charge in [-0.3, -0.25) is 0 Å². The van der Waals surface area contributed by atoms with Crippen molar-refractivity contribution in [3.63, 3.8) is 0 Å². The van der Waals surface area contributed by atoms with Crippen molar-refractivity contribution in [2.45, 2.75) is 44.3 Å². The molecule has 212 valence electrons. The molecule has 0 aliphatic rings. The normalized spacial score (nSPS) is 12.8. The molecule has 6 heteroatoms. The van der Waals surface area contributed by atoms with Crippen LogP contribution in [0.25, 0.3) is 0 Å². The molecule has 0 saturated heterocycles. The van der Waals surface area contributed by atoms with E-state index in [1.54, 1.807) is 48.5 Å². The second-order valence-corrected chi connectivity index (χ2v) is 10.7. The molecular weight excluding hydrogens is 516 g/mol. The summed E-state index contributed by atoms with van der Waals surface area (Å²) in [4.78, 5) is 24.2. The van der Waals surface area contributed by atoms with Crippen molar-refractivity contribution >= 4 is 11.9 Å². The Kier molecular flexibility index (Phi) is 10.1. The quantitative estimate of drug-likeness (QED) is 0.225. The molecule has 0 amide bonds. The molecule has 0 radical (unpaired) electrons. The number of aliphatic hydroxyl groups excluding tert-OH is 2. The first-order valence-electron chi connectivity index (χ1n) is 13.7. The van der Waals surface area contributed by atoms with Crippen molar-refractivity contribution in [1.82, 2.24) is 0 Å². The molecule has 2 N–H and O–H groups in total. The summed E-state index contributed by atoms with van der Waals surface area (Å²) >= 11 is 0. The SMILES string of the molecule is CC(C)(c1ccc(CC(O)COC(=O)c2ccccc2)cc1)c1ccc(CC(O)COC(=O)c2ccccc2)cc1. The summed E-state index contributed by atoms with van der Waals surface area (Å²) in [6, 6.07) is 33.6. The van der Waals surface area contributed by atoms with Crippen LogP contribution in [0.1, 0.15) is 56.8 Å². The van der Waals surface area contributed by atoms with Gasteiger partial charge in [-0.1, -0.05) is 98.8 Å². The summed E-state index contributed by atoms with van der Waals surface area (Å²) in [6.07, 6.45) is -0.849. The lowest BCUT2D eigenvalue weighted by atomic mass is 9.77. The third kappa shape index (κ3) is 8.37. The Labute approximate surface area is 241 Å². The summed E-state index contributed by atoms with van der Waals surface area (Å²) in [6.45, 7) is 4.15. The van der Waals surface area contributed by atoms with Crippen LogP contribution in [0.5, 0.6) is 0 Å². The van der Waals surface area contributed by atoms with Crippen LogP contribution in [0.4, 0.5) is 0 Å². The molecule has 6 nitrogen and oxygen atoms in total. The van der Waals surface area contributed by atoms with E-state index in [2.05, 4.69) is 38.1 Å². The number of carbonyl (C=O) groups excluding carboxylic acids is 2. The van der Waals surface area contributed by atoms with E-state index in [9.17, 15) is 19.8 Å². The third-order valence-electron chi connectivity index (χ3n) is 7.13. The van der Waals surface area contributed by atoms with Crippen molar-refractivity contribution in [2.75, 3.05) is 13.2 Å². The highest BCUT2D eigenvalue weighted by atomic mass is 16.5. The number of benzene rings is 4. The van der Waals surface area contributed by atoms with E-state index in [4.69, 9.17) is 9.47 Å². The van der Waals surface area contributed by atoms with E-state index in [0.717, 1.165) is 22.3 Å². The van der Waals surface area contributed by atoms with Crippen molar-refractivity contribution < 1.29 is 29.3 Å². The number of hydrogen-bond acceptors (Lipinski definition) is 6. The molecule has 4 aromatic rings. The summed E-state index contributed by atoms with van der Waals surface area (Å²) in [7, 11) is 0. The van der Waals surface area contributed by atoms with Gasteiger partial charge in [-0.2, -0.15) is 0 Å². The molecule has 0 bridgehead atoms. The maximum atomic E-state index is 12.1. The molecule has 4 rings (SSSR count). The second-order valence-electron chi connectivity index (χ2n) is 10.7. The first kappa shape index (κ1) is 29.7. The van der Waals surface area contributed by atoms with Crippen LogP contribution < -0.4 is 0 Å². The van der Waals surface area contributed by atoms with Gasteiger partial charge in [0.25, 0.3) is 0 Å². The lowest BCUT2D eigenvalue weighted by molar-refractivity contribution is 0.0255. The Morgan fingerprint density at radius 1 is 0.585 bits per heavy atom. The predicted octanol–water partition coefficient (Wildman–Crippen LogP) is 5.53. The minimum atomic E-state index is -0.800. The van der Waals surface area contributed by atoms with Crippen LogP contribution in [-0.2, 0) is 27.7 Å². The largest absolute Gasteiger partial charge is 0.459 e. The molecule has 0 heterocycles. The van der Waals surface area contributed by atoms with Crippen LogP contribution in [0.3, 0.4) is 0 Å². The Balaban J connectivity index is 1.27. The number of ether oxygens (including phenoxy) is 2. The lowest BCUT2D eigenvalue weighted by Crippen LogP contribution is -2.22. The van der Waals surface area contributed by atoms with E-state index in [-0.39, 0.29) is 18.6 Å². The number of esters is 2. The predicted molar refractivity (Wildman–Crippen MR) is 158 cm³/mol. The van der Waals surface area contributed by atoms with Gasteiger partial charge in [0, 0.05) is 18.3 Å². The summed E-state index contributed by atoms with van der Waals surface area (Å²) in [5, 5.41) is 20.8. The van der Waals surface area contributed by atoms with E-state index in [1.165, 1.54) is 0 Å². The van der Waals surface area contributed by atoms with E-state index >= 15 is 0 Å². The van der Waals surface area contributed by atoms with Gasteiger partial charge in [0.15, 0.2) is 0 Å². The average molecular weight is 553 g/mol. The van der Waals surface area contributed by atoms with Gasteiger partial charge in [0.05, 0.1) is 23.3 Å². The van der Waals surface area contributed by atoms with Crippen molar-refractivity contribution in [3.05, 3.63) is 143 Å². The number of hydrogen-bond donors (Lipinski definition) is 2. The zero-order valence-electron chi connectivity index (χ0n) is 23.4. The van der Waals surface area contributed by atoms with E-state index < -0.39 is 24.1 Å². The Morgan fingerprint density at radius 2 is 0.927 bits per heavy atom. The molecule has 0 aromatic heterocycles. The minimum absolute atomic E-state index is 0.0719. The zero-order chi connectivity index (χ0) is 29.2. The lowest BCUT2D eigenvalue weighted by Gasteiger charge is -2.27. The number of rotatable bonds is 12. The van der Waals surface area contributed by atoms with Crippen molar-refractivity contribution in [3.8, 4) is 0 Å². The van der Waals surface area contributed by atoms with E-state index in [0.29, 0.717) is 24.0 Å². The highest BCUT2D eigenvalue weighted by Crippen LogP contribution is 2.32. The van der Waals surface area contributed by atoms with Crippen LogP contribution >= 0.6 is 0 Å². The smallest absolute Gasteiger partial charge is 0.338 e. The summed E-state index contributed by atoms with van der Waals surface area (Å²) < 4.78 is 10.5. The topological polar surface area (TPSA) is 93.1 Å². The number of aliphatic hydroxyl groups is 2. The molecule has 0 spiro atoms. The van der Waals surface area contributed by atoms with Gasteiger partial charge >= 0.3 is 11.9 Å². The fraction of sp³-hybridized carbons (Fsp3) is 0.257. The first-order valence-corrected chi connectivity index (χ1v) is 13.7. The fourth-order valence-corrected chi connectivity index (χ4v) is 4.60. The molecule has 2 unspecified atom stereocenters. The maximum absolute atomic E-state index is 12.1. The highest BCUT2D eigenvalue weighted by molar-refractivity contribution is 5.89. The molecular formula is C35H36O6. The van der Waals surface area contributed by atoms with Crippen molar-refractivity contribution in [1.29, 1.82) is 0 Å². The van der Waals surface area contributed by atoms with Crippen LogP contribution in [-0.4, -0.2) is 47.6 Å². The molecule has 0 saturated carbocycles. The van der Waals surface area contributed by atoms with Crippen molar-refractivity contribution in [2.24, 2.45) is 0 Å². The van der Waals surface area contributed by atoms with Gasteiger partial charge in [0.1, 0.15) is 13.2 Å². The second kappa shape index (κ2) is 13.9. The molecule has 2 atom stereocenters. The van der Waals surface area contributed by atoms with Crippen LogP contribution in [0, 0.1) is 0 Å². The highest BCUT2D eigenvalue weighted by Gasteiger charge is 2.23. The Morgan fingerprint density at radius 3 is 1.27 bits per heavy atom. The number of carbonyl (C=O) groups is 2. The Bertz CT molecular complexity index is 1290. The molecule has 0 fully saturated rings.